The molecule has 2 heterocycles. The van der Waals surface area contributed by atoms with Crippen molar-refractivity contribution in [2.24, 2.45) is 17.6 Å². The van der Waals surface area contributed by atoms with E-state index in [2.05, 4.69) is 71.6 Å². The van der Waals surface area contributed by atoms with Crippen molar-refractivity contribution < 1.29 is 14.7 Å². The van der Waals surface area contributed by atoms with E-state index in [1.54, 1.807) is 0 Å². The predicted molar refractivity (Wildman–Crippen MR) is 168 cm³/mol. The second-order valence-electron chi connectivity index (χ2n) is 11.8. The number of rotatable bonds is 5. The lowest BCUT2D eigenvalue weighted by atomic mass is 9.87. The summed E-state index contributed by atoms with van der Waals surface area (Å²) in [7, 11) is 0. The summed E-state index contributed by atoms with van der Waals surface area (Å²) in [5, 5.41) is 25.7. The Morgan fingerprint density at radius 3 is 1.81 bits per heavy atom. The maximum atomic E-state index is 12.4. The van der Waals surface area contributed by atoms with Crippen LogP contribution >= 0.6 is 0 Å². The van der Waals surface area contributed by atoms with Gasteiger partial charge in [0.05, 0.1) is 0 Å². The molecule has 6 N–H and O–H groups in total. The number of H-pyrrole nitrogens is 2. The number of nitrogens with two attached hydrogens (primary N) is 1. The van der Waals surface area contributed by atoms with Gasteiger partial charge >= 0.3 is 5.97 Å². The van der Waals surface area contributed by atoms with Gasteiger partial charge in [-0.05, 0) is 86.5 Å². The first kappa shape index (κ1) is 31.7. The Kier molecular flexibility index (Phi) is 10.9. The fourth-order valence-electron chi connectivity index (χ4n) is 5.61. The number of carboxylic acids is 1. The van der Waals surface area contributed by atoms with Crippen LogP contribution in [-0.2, 0) is 38.8 Å². The van der Waals surface area contributed by atoms with Crippen molar-refractivity contribution in [3.8, 4) is 0 Å². The maximum Gasteiger partial charge on any atom is 0.356 e. The van der Waals surface area contributed by atoms with Gasteiger partial charge in [0.15, 0.2) is 11.4 Å². The third-order valence-electron chi connectivity index (χ3n) is 8.38. The van der Waals surface area contributed by atoms with Gasteiger partial charge in [0.2, 0.25) is 0 Å². The van der Waals surface area contributed by atoms with Gasteiger partial charge in [0.1, 0.15) is 0 Å². The van der Waals surface area contributed by atoms with E-state index >= 15 is 0 Å². The van der Waals surface area contributed by atoms with E-state index in [1.807, 2.05) is 30.3 Å². The highest BCUT2D eigenvalue weighted by Crippen LogP contribution is 2.27. The minimum atomic E-state index is -0.924. The van der Waals surface area contributed by atoms with Crippen molar-refractivity contribution in [1.29, 1.82) is 0 Å². The van der Waals surface area contributed by atoms with Crippen molar-refractivity contribution >= 4 is 11.9 Å². The number of hydrogen-bond acceptors (Lipinski definition) is 5. The van der Waals surface area contributed by atoms with Crippen LogP contribution in [0.25, 0.3) is 0 Å². The van der Waals surface area contributed by atoms with Crippen LogP contribution in [0.2, 0.25) is 0 Å². The van der Waals surface area contributed by atoms with E-state index in [0.717, 1.165) is 60.2 Å². The van der Waals surface area contributed by atoms with Gasteiger partial charge in [-0.25, -0.2) is 4.79 Å². The zero-order valence-electron chi connectivity index (χ0n) is 25.7. The first-order valence-corrected chi connectivity index (χ1v) is 15.1. The number of aromatic nitrogens is 4. The Bertz CT molecular complexity index is 1540. The highest BCUT2D eigenvalue weighted by molar-refractivity contribution is 5.94. The van der Waals surface area contributed by atoms with Crippen molar-refractivity contribution in [3.05, 3.63) is 105 Å². The van der Waals surface area contributed by atoms with E-state index in [4.69, 9.17) is 10.8 Å². The number of benzene rings is 2. The number of carboxylic acid groups (broad SMARTS) is 1. The zero-order valence-corrected chi connectivity index (χ0v) is 25.7. The zero-order chi connectivity index (χ0) is 30.9. The molecular weight excluding hydrogens is 540 g/mol. The van der Waals surface area contributed by atoms with Gasteiger partial charge in [0, 0.05) is 35.6 Å². The van der Waals surface area contributed by atoms with Crippen molar-refractivity contribution in [3.63, 3.8) is 0 Å². The smallest absolute Gasteiger partial charge is 0.356 e. The lowest BCUT2D eigenvalue weighted by Crippen LogP contribution is -2.25. The largest absolute Gasteiger partial charge is 0.476 e. The molecule has 0 radical (unpaired) electrons. The third kappa shape index (κ3) is 8.20. The van der Waals surface area contributed by atoms with Gasteiger partial charge in [-0.15, -0.1) is 0 Å². The van der Waals surface area contributed by atoms with Crippen LogP contribution < -0.4 is 11.1 Å². The van der Waals surface area contributed by atoms with Crippen LogP contribution in [0.4, 0.5) is 0 Å². The highest BCUT2D eigenvalue weighted by Gasteiger charge is 2.25. The quantitative estimate of drug-likeness (QED) is 0.210. The van der Waals surface area contributed by atoms with Gasteiger partial charge in [-0.1, -0.05) is 62.4 Å². The number of aromatic amines is 2. The summed E-state index contributed by atoms with van der Waals surface area (Å²) < 4.78 is 0. The number of amides is 1. The van der Waals surface area contributed by atoms with Crippen molar-refractivity contribution in [2.75, 3.05) is 0 Å². The molecule has 6 rings (SSSR count). The molecule has 2 aliphatic carbocycles. The molecule has 2 aliphatic rings. The minimum Gasteiger partial charge on any atom is -0.476 e. The number of fused-ring (bicyclic) bond motifs is 2. The second kappa shape index (κ2) is 14.8. The number of aryl methyl sites for hydroxylation is 4. The summed E-state index contributed by atoms with van der Waals surface area (Å²) in [6.07, 6.45) is 5.99. The number of nitrogens with one attached hydrogen (secondary N) is 3. The summed E-state index contributed by atoms with van der Waals surface area (Å²) in [4.78, 5) is 23.1. The molecule has 2 atom stereocenters. The summed E-state index contributed by atoms with van der Waals surface area (Å²) in [5.74, 6) is 0.192. The van der Waals surface area contributed by atoms with Gasteiger partial charge in [0.25, 0.3) is 5.91 Å². The van der Waals surface area contributed by atoms with E-state index < -0.39 is 5.97 Å². The average Bonchev–Trinajstić information content (AvgIpc) is 3.61. The molecule has 9 nitrogen and oxygen atoms in total. The average molecular weight is 585 g/mol. The van der Waals surface area contributed by atoms with Gasteiger partial charge in [-0.3, -0.25) is 15.0 Å². The number of carbonyl (C=O) groups is 2. The predicted octanol–water partition coefficient (Wildman–Crippen LogP) is 5.46. The topological polar surface area (TPSA) is 150 Å². The van der Waals surface area contributed by atoms with Crippen LogP contribution in [0.3, 0.4) is 0 Å². The molecule has 0 fully saturated rings. The fourth-order valence-corrected chi connectivity index (χ4v) is 5.61. The highest BCUT2D eigenvalue weighted by atomic mass is 16.4. The van der Waals surface area contributed by atoms with Crippen LogP contribution in [0, 0.1) is 25.7 Å². The van der Waals surface area contributed by atoms with E-state index in [-0.39, 0.29) is 11.6 Å². The Labute approximate surface area is 253 Å². The van der Waals surface area contributed by atoms with E-state index in [9.17, 15) is 9.59 Å². The fraction of sp³-hybridized carbons (Fsp3) is 0.412. The number of hydrogen-bond donors (Lipinski definition) is 5. The standard InChI is InChI=1S/C17H21N3O.C9H12N2O2.C8H11N/c1-11-7-8-15-14(9-11)16(20-19-15)17(21)18-10-13-6-4-3-5-12(13)2;1-5-2-3-7-6(4-5)8(9(12)13)11-10-7;1-7-4-2-3-5-8(7)6-9/h3-6,11H,7-10H2,1-2H3,(H,18,21)(H,19,20);5H,2-4H2,1H3,(H,10,11)(H,12,13);2-5H,6,9H2,1H3. The Morgan fingerprint density at radius 1 is 0.837 bits per heavy atom. The van der Waals surface area contributed by atoms with Crippen LogP contribution in [0.1, 0.15) is 92.4 Å². The van der Waals surface area contributed by atoms with Crippen molar-refractivity contribution in [1.82, 2.24) is 25.7 Å². The molecular formula is C34H44N6O3. The van der Waals surface area contributed by atoms with E-state index in [0.29, 0.717) is 30.6 Å². The molecule has 0 aliphatic heterocycles. The third-order valence-corrected chi connectivity index (χ3v) is 8.38. The van der Waals surface area contributed by atoms with Gasteiger partial charge < -0.3 is 16.2 Å². The van der Waals surface area contributed by atoms with Crippen LogP contribution in [-0.4, -0.2) is 37.4 Å². The molecule has 1 amide bonds. The molecule has 43 heavy (non-hydrogen) atoms. The summed E-state index contributed by atoms with van der Waals surface area (Å²) in [6, 6.07) is 16.2. The van der Waals surface area contributed by atoms with E-state index in [1.165, 1.54) is 23.1 Å². The SMILES string of the molecule is CC1CCc2[nH]nc(C(=O)O)c2C1.Cc1ccccc1CN.Cc1ccccc1CNC(=O)c1n[nH]c2c1CC(C)CC2. The van der Waals surface area contributed by atoms with Crippen LogP contribution in [0.15, 0.2) is 48.5 Å². The monoisotopic (exact) mass is 584 g/mol. The number of aromatic carboxylic acids is 1. The first-order chi connectivity index (χ1) is 20.7. The first-order valence-electron chi connectivity index (χ1n) is 15.1. The summed E-state index contributed by atoms with van der Waals surface area (Å²) in [6.45, 7) is 9.68. The molecule has 0 spiro atoms. The molecule has 0 saturated heterocycles. The van der Waals surface area contributed by atoms with Crippen molar-refractivity contribution in [2.45, 2.75) is 79.3 Å². The van der Waals surface area contributed by atoms with Crippen LogP contribution in [0.5, 0.6) is 0 Å². The molecule has 2 aromatic carbocycles. The Hall–Kier alpha value is -4.24. The molecule has 228 valence electrons. The molecule has 4 aromatic rings. The minimum absolute atomic E-state index is 0.0788. The van der Waals surface area contributed by atoms with Gasteiger partial charge in [-0.2, -0.15) is 10.2 Å². The summed E-state index contributed by atoms with van der Waals surface area (Å²) >= 11 is 0. The lowest BCUT2D eigenvalue weighted by Gasteiger charge is -2.18. The molecule has 0 saturated carbocycles. The Balaban J connectivity index is 0.000000163. The normalized spacial score (nSPS) is 16.9. The molecule has 2 aromatic heterocycles. The molecule has 0 bridgehead atoms. The molecule has 2 unspecified atom stereocenters. The Morgan fingerprint density at radius 2 is 1.33 bits per heavy atom. The summed E-state index contributed by atoms with van der Waals surface area (Å²) in [5.41, 5.74) is 15.2. The number of nitrogens with zero attached hydrogens (tertiary/aromatic N) is 2. The lowest BCUT2D eigenvalue weighted by molar-refractivity contribution is 0.0688. The second-order valence-corrected chi connectivity index (χ2v) is 11.8. The molecule has 9 heteroatoms. The maximum absolute atomic E-state index is 12.4. The number of carbonyl (C=O) groups excluding carboxylic acids is 1.